The predicted octanol–water partition coefficient (Wildman–Crippen LogP) is 2.00. The summed E-state index contributed by atoms with van der Waals surface area (Å²) < 4.78 is 0. The highest BCUT2D eigenvalue weighted by atomic mass is 32.1. The maximum atomic E-state index is 12.0. The first-order valence-corrected chi connectivity index (χ1v) is 7.28. The zero-order valence-corrected chi connectivity index (χ0v) is 12.0. The van der Waals surface area contributed by atoms with Crippen molar-refractivity contribution < 1.29 is 14.7 Å². The van der Waals surface area contributed by atoms with Crippen LogP contribution in [0.1, 0.15) is 46.6 Å². The number of amides is 1. The fourth-order valence-electron chi connectivity index (χ4n) is 1.93. The second-order valence-electron chi connectivity index (χ2n) is 5.04. The highest BCUT2D eigenvalue weighted by Gasteiger charge is 2.50. The molecule has 0 spiro atoms. The van der Waals surface area contributed by atoms with Crippen molar-refractivity contribution in [1.29, 1.82) is 0 Å². The number of thiazole rings is 1. The van der Waals surface area contributed by atoms with Crippen molar-refractivity contribution in [3.63, 3.8) is 0 Å². The van der Waals surface area contributed by atoms with Gasteiger partial charge in [-0.1, -0.05) is 6.92 Å². The Morgan fingerprint density at radius 1 is 1.47 bits per heavy atom. The fourth-order valence-corrected chi connectivity index (χ4v) is 3.01. The van der Waals surface area contributed by atoms with Crippen LogP contribution in [0.5, 0.6) is 0 Å². The number of carboxylic acids is 1. The molecule has 104 valence electrons. The van der Waals surface area contributed by atoms with Gasteiger partial charge in [-0.3, -0.25) is 9.59 Å². The van der Waals surface area contributed by atoms with Gasteiger partial charge in [-0.05, 0) is 32.6 Å². The Kier molecular flexibility index (Phi) is 3.89. The summed E-state index contributed by atoms with van der Waals surface area (Å²) in [5.74, 6) is -1.02. The lowest BCUT2D eigenvalue weighted by Gasteiger charge is -2.10. The number of aryl methyl sites for hydroxylation is 2. The molecule has 0 bridgehead atoms. The van der Waals surface area contributed by atoms with E-state index in [9.17, 15) is 9.59 Å². The fraction of sp³-hybridized carbons (Fsp3) is 0.615. The largest absolute Gasteiger partial charge is 0.481 e. The molecular weight excluding hydrogens is 264 g/mol. The summed E-state index contributed by atoms with van der Waals surface area (Å²) >= 11 is 1.40. The predicted molar refractivity (Wildman–Crippen MR) is 72.5 cm³/mol. The highest BCUT2D eigenvalue weighted by molar-refractivity contribution is 7.13. The molecule has 2 N–H and O–H groups in total. The molecule has 1 saturated carbocycles. The van der Waals surface area contributed by atoms with Gasteiger partial charge in [0.1, 0.15) is 4.88 Å². The number of hydrogen-bond acceptors (Lipinski definition) is 4. The molecule has 0 aliphatic heterocycles. The third kappa shape index (κ3) is 2.94. The van der Waals surface area contributed by atoms with E-state index in [1.165, 1.54) is 11.3 Å². The minimum atomic E-state index is -0.819. The van der Waals surface area contributed by atoms with Crippen molar-refractivity contribution >= 4 is 23.2 Å². The lowest BCUT2D eigenvalue weighted by atomic mass is 10.1. The van der Waals surface area contributed by atoms with Gasteiger partial charge in [-0.2, -0.15) is 0 Å². The van der Waals surface area contributed by atoms with Crippen molar-refractivity contribution in [2.45, 2.75) is 39.5 Å². The van der Waals surface area contributed by atoms with Gasteiger partial charge < -0.3 is 10.4 Å². The maximum Gasteiger partial charge on any atom is 0.311 e. The molecule has 1 amide bonds. The zero-order chi connectivity index (χ0) is 14.0. The van der Waals surface area contributed by atoms with E-state index >= 15 is 0 Å². The maximum absolute atomic E-state index is 12.0. The summed E-state index contributed by atoms with van der Waals surface area (Å²) in [6.07, 6.45) is 3.16. The molecule has 1 aromatic rings. The first kappa shape index (κ1) is 14.0. The van der Waals surface area contributed by atoms with Crippen molar-refractivity contribution in [3.05, 3.63) is 15.6 Å². The van der Waals surface area contributed by atoms with Gasteiger partial charge in [0.25, 0.3) is 5.91 Å². The molecule has 0 atom stereocenters. The molecule has 1 aliphatic rings. The van der Waals surface area contributed by atoms with Gasteiger partial charge in [-0.25, -0.2) is 4.98 Å². The minimum absolute atomic E-state index is 0.204. The number of rotatable bonds is 6. The van der Waals surface area contributed by atoms with E-state index in [2.05, 4.69) is 17.2 Å². The number of nitrogens with zero attached hydrogens (tertiary/aromatic N) is 1. The lowest BCUT2D eigenvalue weighted by Crippen LogP contribution is -2.34. The molecule has 6 heteroatoms. The van der Waals surface area contributed by atoms with E-state index in [-0.39, 0.29) is 12.5 Å². The second kappa shape index (κ2) is 5.28. The van der Waals surface area contributed by atoms with Crippen molar-refractivity contribution in [3.8, 4) is 0 Å². The minimum Gasteiger partial charge on any atom is -0.481 e. The zero-order valence-electron chi connectivity index (χ0n) is 11.2. The van der Waals surface area contributed by atoms with Crippen molar-refractivity contribution in [1.82, 2.24) is 10.3 Å². The third-order valence-corrected chi connectivity index (χ3v) is 4.62. The van der Waals surface area contributed by atoms with Crippen LogP contribution in [0.4, 0.5) is 0 Å². The van der Waals surface area contributed by atoms with Crippen LogP contribution in [0, 0.1) is 12.3 Å². The van der Waals surface area contributed by atoms with Gasteiger partial charge in [0.15, 0.2) is 0 Å². The summed E-state index contributed by atoms with van der Waals surface area (Å²) in [6.45, 7) is 4.09. The molecule has 1 fully saturated rings. The molecule has 0 unspecified atom stereocenters. The van der Waals surface area contributed by atoms with Gasteiger partial charge in [0, 0.05) is 6.54 Å². The van der Waals surface area contributed by atoms with E-state index in [1.54, 1.807) is 0 Å². The van der Waals surface area contributed by atoms with Gasteiger partial charge in [0.05, 0.1) is 16.1 Å². The Balaban J connectivity index is 1.98. The van der Waals surface area contributed by atoms with Crippen LogP contribution in [0.3, 0.4) is 0 Å². The molecule has 0 radical (unpaired) electrons. The van der Waals surface area contributed by atoms with Crippen LogP contribution in [0.25, 0.3) is 0 Å². The molecule has 1 aliphatic carbocycles. The van der Waals surface area contributed by atoms with Gasteiger partial charge in [0.2, 0.25) is 0 Å². The Morgan fingerprint density at radius 3 is 2.68 bits per heavy atom. The lowest BCUT2D eigenvalue weighted by molar-refractivity contribution is -0.143. The smallest absolute Gasteiger partial charge is 0.311 e. The van der Waals surface area contributed by atoms with Crippen LogP contribution in [0.2, 0.25) is 0 Å². The summed E-state index contributed by atoms with van der Waals surface area (Å²) in [5, 5.41) is 12.7. The monoisotopic (exact) mass is 282 g/mol. The molecule has 1 heterocycles. The van der Waals surface area contributed by atoms with E-state index < -0.39 is 11.4 Å². The van der Waals surface area contributed by atoms with Crippen LogP contribution in [-0.2, 0) is 11.2 Å². The summed E-state index contributed by atoms with van der Waals surface area (Å²) in [7, 11) is 0. The molecular formula is C13H18N2O3S. The SMILES string of the molecule is CCCc1nc(C)c(C(=O)NCC2(C(=O)O)CC2)s1. The summed E-state index contributed by atoms with van der Waals surface area (Å²) in [5.41, 5.74) is 0.00617. The van der Waals surface area contributed by atoms with Crippen molar-refractivity contribution in [2.75, 3.05) is 6.54 Å². The second-order valence-corrected chi connectivity index (χ2v) is 6.12. The third-order valence-electron chi connectivity index (χ3n) is 3.41. The molecule has 19 heavy (non-hydrogen) atoms. The van der Waals surface area contributed by atoms with E-state index in [1.807, 2.05) is 6.92 Å². The molecule has 0 aromatic carbocycles. The van der Waals surface area contributed by atoms with Crippen LogP contribution < -0.4 is 5.32 Å². The quantitative estimate of drug-likeness (QED) is 0.836. The summed E-state index contributed by atoms with van der Waals surface area (Å²) in [4.78, 5) is 28.0. The normalized spacial score (nSPS) is 16.1. The van der Waals surface area contributed by atoms with E-state index in [4.69, 9.17) is 5.11 Å². The Labute approximate surface area is 116 Å². The first-order chi connectivity index (χ1) is 8.98. The Hall–Kier alpha value is -1.43. The van der Waals surface area contributed by atoms with Crippen LogP contribution in [0.15, 0.2) is 0 Å². The number of aromatic nitrogens is 1. The van der Waals surface area contributed by atoms with Crippen LogP contribution in [-0.4, -0.2) is 28.5 Å². The molecule has 2 rings (SSSR count). The highest BCUT2D eigenvalue weighted by Crippen LogP contribution is 2.45. The Bertz CT molecular complexity index is 506. The summed E-state index contributed by atoms with van der Waals surface area (Å²) in [6, 6.07) is 0. The van der Waals surface area contributed by atoms with Gasteiger partial charge in [-0.15, -0.1) is 11.3 Å². The first-order valence-electron chi connectivity index (χ1n) is 6.46. The topological polar surface area (TPSA) is 79.3 Å². The average Bonchev–Trinajstić information content (AvgIpc) is 3.06. The van der Waals surface area contributed by atoms with Gasteiger partial charge >= 0.3 is 5.97 Å². The molecule has 1 aromatic heterocycles. The number of nitrogens with one attached hydrogen (secondary N) is 1. The molecule has 5 nitrogen and oxygen atoms in total. The Morgan fingerprint density at radius 2 is 2.16 bits per heavy atom. The molecule has 0 saturated heterocycles. The number of carboxylic acid groups (broad SMARTS) is 1. The average molecular weight is 282 g/mol. The van der Waals surface area contributed by atoms with E-state index in [0.29, 0.717) is 17.7 Å². The number of aliphatic carboxylic acids is 1. The number of carbonyl (C=O) groups excluding carboxylic acids is 1. The van der Waals surface area contributed by atoms with Crippen LogP contribution >= 0.6 is 11.3 Å². The van der Waals surface area contributed by atoms with Crippen molar-refractivity contribution in [2.24, 2.45) is 5.41 Å². The standard InChI is InChI=1S/C13H18N2O3S/c1-3-4-9-15-8(2)10(19-9)11(16)14-7-13(5-6-13)12(17)18/h3-7H2,1-2H3,(H,14,16)(H,17,18). The number of hydrogen-bond donors (Lipinski definition) is 2. The number of carbonyl (C=O) groups is 2. The van der Waals surface area contributed by atoms with E-state index in [0.717, 1.165) is 23.5 Å².